The maximum atomic E-state index is 11.2. The van der Waals surface area contributed by atoms with Crippen LogP contribution in [0.15, 0.2) is 0 Å². The topological polar surface area (TPSA) is 60.8 Å². The molecule has 2 aliphatic rings. The number of hydrogen-bond acceptors (Lipinski definition) is 3. The number of aliphatic carboxylic acids is 1. The van der Waals surface area contributed by atoms with Crippen LogP contribution in [-0.4, -0.2) is 46.3 Å². The van der Waals surface area contributed by atoms with E-state index in [4.69, 9.17) is 0 Å². The molecule has 1 heterocycles. The number of rotatable bonds is 3. The molecule has 4 heteroatoms. The number of hydrogen-bond donors (Lipinski definition) is 2. The molecule has 98 valence electrons. The maximum absolute atomic E-state index is 11.2. The zero-order valence-corrected chi connectivity index (χ0v) is 10.6. The van der Waals surface area contributed by atoms with Crippen LogP contribution in [0.4, 0.5) is 0 Å². The van der Waals surface area contributed by atoms with Crippen LogP contribution in [0, 0.1) is 5.41 Å². The molecule has 0 aromatic heterocycles. The molecule has 2 fully saturated rings. The van der Waals surface area contributed by atoms with Crippen LogP contribution in [0.1, 0.15) is 45.4 Å². The second-order valence-corrected chi connectivity index (χ2v) is 6.11. The minimum atomic E-state index is -0.712. The molecule has 1 saturated heterocycles. The van der Waals surface area contributed by atoms with Crippen molar-refractivity contribution in [2.45, 2.75) is 51.0 Å². The van der Waals surface area contributed by atoms with Crippen molar-refractivity contribution in [3.63, 3.8) is 0 Å². The van der Waals surface area contributed by atoms with Gasteiger partial charge in [0.25, 0.3) is 0 Å². The monoisotopic (exact) mass is 241 g/mol. The van der Waals surface area contributed by atoms with Crippen molar-refractivity contribution >= 4 is 5.97 Å². The van der Waals surface area contributed by atoms with Crippen LogP contribution in [0.5, 0.6) is 0 Å². The van der Waals surface area contributed by atoms with E-state index in [9.17, 15) is 15.0 Å². The van der Waals surface area contributed by atoms with Gasteiger partial charge in [-0.2, -0.15) is 0 Å². The lowest BCUT2D eigenvalue weighted by Gasteiger charge is -2.35. The Kier molecular flexibility index (Phi) is 3.46. The number of carboxylic acid groups (broad SMARTS) is 1. The Morgan fingerprint density at radius 3 is 2.41 bits per heavy atom. The molecule has 0 bridgehead atoms. The molecular formula is C13H23NO3. The molecule has 0 aromatic carbocycles. The fraction of sp³-hybridized carbons (Fsp3) is 0.923. The van der Waals surface area contributed by atoms with Gasteiger partial charge in [0, 0.05) is 13.1 Å². The number of β-amino-alcohol motifs (C(OH)–C–C–N with tert-alkyl or cyclic N) is 1. The highest BCUT2D eigenvalue weighted by Gasteiger charge is 2.42. The summed E-state index contributed by atoms with van der Waals surface area (Å²) in [6.45, 7) is 3.83. The molecule has 2 rings (SSSR count). The lowest BCUT2D eigenvalue weighted by atomic mass is 9.84. The lowest BCUT2D eigenvalue weighted by molar-refractivity contribution is -0.147. The number of carboxylic acids is 1. The lowest BCUT2D eigenvalue weighted by Crippen LogP contribution is -2.44. The first kappa shape index (κ1) is 12.8. The van der Waals surface area contributed by atoms with Crippen molar-refractivity contribution < 1.29 is 15.0 Å². The third-order valence-corrected chi connectivity index (χ3v) is 4.37. The van der Waals surface area contributed by atoms with Gasteiger partial charge in [0.2, 0.25) is 0 Å². The van der Waals surface area contributed by atoms with E-state index < -0.39 is 17.0 Å². The van der Waals surface area contributed by atoms with Gasteiger partial charge in [-0.25, -0.2) is 0 Å². The van der Waals surface area contributed by atoms with Crippen molar-refractivity contribution in [2.24, 2.45) is 5.41 Å². The standard InChI is InChI=1S/C13H23NO3/c1-12(11(15)16)7-8-14(9-12)10-13(17)5-3-2-4-6-13/h17H,2-10H2,1H3,(H,15,16). The Balaban J connectivity index is 1.91. The van der Waals surface area contributed by atoms with E-state index >= 15 is 0 Å². The fourth-order valence-electron chi connectivity index (χ4n) is 3.15. The van der Waals surface area contributed by atoms with Crippen LogP contribution < -0.4 is 0 Å². The van der Waals surface area contributed by atoms with Gasteiger partial charge in [-0.05, 0) is 32.7 Å². The molecule has 1 aliphatic carbocycles. The molecule has 4 nitrogen and oxygen atoms in total. The Labute approximate surface area is 103 Å². The van der Waals surface area contributed by atoms with Crippen molar-refractivity contribution in [3.05, 3.63) is 0 Å². The van der Waals surface area contributed by atoms with E-state index in [2.05, 4.69) is 4.90 Å². The predicted octanol–water partition coefficient (Wildman–Crippen LogP) is 1.48. The van der Waals surface area contributed by atoms with Crippen LogP contribution in [-0.2, 0) is 4.79 Å². The summed E-state index contributed by atoms with van der Waals surface area (Å²) in [6.07, 6.45) is 5.84. The van der Waals surface area contributed by atoms with E-state index in [0.717, 1.165) is 32.2 Å². The van der Waals surface area contributed by atoms with E-state index in [1.807, 2.05) is 0 Å². The Morgan fingerprint density at radius 1 is 1.24 bits per heavy atom. The van der Waals surface area contributed by atoms with Crippen LogP contribution in [0.3, 0.4) is 0 Å². The van der Waals surface area contributed by atoms with E-state index in [-0.39, 0.29) is 0 Å². The van der Waals surface area contributed by atoms with Gasteiger partial charge < -0.3 is 10.2 Å². The third kappa shape index (κ3) is 2.80. The van der Waals surface area contributed by atoms with Gasteiger partial charge in [0.15, 0.2) is 0 Å². The predicted molar refractivity (Wildman–Crippen MR) is 64.8 cm³/mol. The van der Waals surface area contributed by atoms with E-state index in [1.54, 1.807) is 6.92 Å². The summed E-state index contributed by atoms with van der Waals surface area (Å²) in [5.74, 6) is -0.712. The molecule has 17 heavy (non-hydrogen) atoms. The molecule has 0 radical (unpaired) electrons. The van der Waals surface area contributed by atoms with E-state index in [1.165, 1.54) is 6.42 Å². The number of aliphatic hydroxyl groups is 1. The van der Waals surface area contributed by atoms with Crippen molar-refractivity contribution in [2.75, 3.05) is 19.6 Å². The highest BCUT2D eigenvalue weighted by atomic mass is 16.4. The van der Waals surface area contributed by atoms with Gasteiger partial charge >= 0.3 is 5.97 Å². The van der Waals surface area contributed by atoms with Gasteiger partial charge in [-0.3, -0.25) is 9.69 Å². The maximum Gasteiger partial charge on any atom is 0.310 e. The highest BCUT2D eigenvalue weighted by Crippen LogP contribution is 2.34. The average Bonchev–Trinajstić information content (AvgIpc) is 2.62. The van der Waals surface area contributed by atoms with Crippen molar-refractivity contribution in [1.29, 1.82) is 0 Å². The first-order valence-electron chi connectivity index (χ1n) is 6.62. The molecule has 0 spiro atoms. The van der Waals surface area contributed by atoms with E-state index in [0.29, 0.717) is 19.5 Å². The van der Waals surface area contributed by atoms with Crippen molar-refractivity contribution in [3.8, 4) is 0 Å². The summed E-state index contributed by atoms with van der Waals surface area (Å²) < 4.78 is 0. The summed E-state index contributed by atoms with van der Waals surface area (Å²) in [5, 5.41) is 19.6. The van der Waals surface area contributed by atoms with Gasteiger partial charge in [-0.1, -0.05) is 19.3 Å². The molecular weight excluding hydrogens is 218 g/mol. The highest BCUT2D eigenvalue weighted by molar-refractivity contribution is 5.74. The second-order valence-electron chi connectivity index (χ2n) is 6.11. The molecule has 2 N–H and O–H groups in total. The summed E-state index contributed by atoms with van der Waals surface area (Å²) >= 11 is 0. The summed E-state index contributed by atoms with van der Waals surface area (Å²) in [6, 6.07) is 0. The summed E-state index contributed by atoms with van der Waals surface area (Å²) in [7, 11) is 0. The van der Waals surface area contributed by atoms with Gasteiger partial charge in [-0.15, -0.1) is 0 Å². The smallest absolute Gasteiger partial charge is 0.310 e. The Bertz CT molecular complexity index is 299. The van der Waals surface area contributed by atoms with Crippen LogP contribution in [0.2, 0.25) is 0 Å². The molecule has 1 aliphatic heterocycles. The normalized spacial score (nSPS) is 33.8. The zero-order valence-electron chi connectivity index (χ0n) is 10.6. The Morgan fingerprint density at radius 2 is 1.88 bits per heavy atom. The van der Waals surface area contributed by atoms with Crippen LogP contribution >= 0.6 is 0 Å². The first-order valence-corrected chi connectivity index (χ1v) is 6.62. The quantitative estimate of drug-likeness (QED) is 0.785. The summed E-state index contributed by atoms with van der Waals surface area (Å²) in [4.78, 5) is 13.3. The van der Waals surface area contributed by atoms with Gasteiger partial charge in [0.05, 0.1) is 11.0 Å². The minimum Gasteiger partial charge on any atom is -0.481 e. The second kappa shape index (κ2) is 4.58. The molecule has 0 aromatic rings. The minimum absolute atomic E-state index is 0.567. The number of nitrogens with zero attached hydrogens (tertiary/aromatic N) is 1. The van der Waals surface area contributed by atoms with Crippen LogP contribution in [0.25, 0.3) is 0 Å². The average molecular weight is 241 g/mol. The fourth-order valence-corrected chi connectivity index (χ4v) is 3.15. The summed E-state index contributed by atoms with van der Waals surface area (Å²) in [5.41, 5.74) is -1.19. The Hall–Kier alpha value is -0.610. The SMILES string of the molecule is CC1(C(=O)O)CCN(CC2(O)CCCCC2)C1. The third-order valence-electron chi connectivity index (χ3n) is 4.37. The first-order chi connectivity index (χ1) is 7.94. The van der Waals surface area contributed by atoms with Crippen molar-refractivity contribution in [1.82, 2.24) is 4.90 Å². The molecule has 1 atom stereocenters. The molecule has 0 amide bonds. The zero-order chi connectivity index (χ0) is 12.5. The largest absolute Gasteiger partial charge is 0.481 e. The molecule has 1 saturated carbocycles. The number of carbonyl (C=O) groups is 1. The van der Waals surface area contributed by atoms with Gasteiger partial charge in [0.1, 0.15) is 0 Å². The molecule has 1 unspecified atom stereocenters. The number of likely N-dealkylation sites (tertiary alicyclic amines) is 1.